The first kappa shape index (κ1) is 24.2. The average Bonchev–Trinajstić information content (AvgIpc) is 2.53. The number of allylic oxidation sites excluding steroid dienone is 1. The van der Waals surface area contributed by atoms with Crippen LogP contribution in [0.5, 0.6) is 0 Å². The Balaban J connectivity index is 0. The number of aliphatic hydroxyl groups excluding tert-OH is 1. The van der Waals surface area contributed by atoms with Gasteiger partial charge in [0.2, 0.25) is 0 Å². The van der Waals surface area contributed by atoms with Gasteiger partial charge in [0.15, 0.2) is 0 Å². The highest BCUT2D eigenvalue weighted by Gasteiger charge is 1.94. The summed E-state index contributed by atoms with van der Waals surface area (Å²) in [6.07, 6.45) is 6.38. The van der Waals surface area contributed by atoms with E-state index in [2.05, 4.69) is 12.6 Å². The van der Waals surface area contributed by atoms with E-state index >= 15 is 0 Å². The smallest absolute Gasteiger partial charge is 0.121 e. The summed E-state index contributed by atoms with van der Waals surface area (Å²) in [5.41, 5.74) is 0. The number of rotatable bonds is 14. The lowest BCUT2D eigenvalue weighted by Crippen LogP contribution is -1.88. The second-order valence-electron chi connectivity index (χ2n) is 3.72. The molecule has 0 radical (unpaired) electrons. The Bertz CT molecular complexity index is 219. The van der Waals surface area contributed by atoms with Gasteiger partial charge in [0.25, 0.3) is 0 Å². The van der Waals surface area contributed by atoms with E-state index in [1.54, 1.807) is 11.8 Å². The molecule has 1 N–H and O–H groups in total. The van der Waals surface area contributed by atoms with E-state index in [0.717, 1.165) is 47.5 Å². The molecule has 21 heavy (non-hydrogen) atoms. The third kappa shape index (κ3) is 23.4. The molecule has 0 aliphatic rings. The van der Waals surface area contributed by atoms with E-state index in [1.807, 2.05) is 25.6 Å². The number of halogens is 1. The van der Waals surface area contributed by atoms with Gasteiger partial charge in [-0.05, 0) is 19.3 Å². The predicted octanol–water partition coefficient (Wildman–Crippen LogP) is 5.74. The summed E-state index contributed by atoms with van der Waals surface area (Å²) in [4.78, 5) is 0. The van der Waals surface area contributed by atoms with Gasteiger partial charge in [0.1, 0.15) is 5.83 Å². The Labute approximate surface area is 148 Å². The van der Waals surface area contributed by atoms with Gasteiger partial charge in [-0.25, -0.2) is 4.39 Å². The van der Waals surface area contributed by atoms with Crippen molar-refractivity contribution in [2.75, 3.05) is 28.5 Å². The second-order valence-corrected chi connectivity index (χ2v) is 7.93. The summed E-state index contributed by atoms with van der Waals surface area (Å²) < 4.78 is 18.0. The van der Waals surface area contributed by atoms with Crippen molar-refractivity contribution in [3.05, 3.63) is 11.9 Å². The third-order valence-electron chi connectivity index (χ3n) is 2.17. The van der Waals surface area contributed by atoms with Crippen molar-refractivity contribution in [3.63, 3.8) is 0 Å². The molecule has 0 aliphatic carbocycles. The molecule has 0 spiro atoms. The number of hydrogen-bond donors (Lipinski definition) is 2. The predicted molar refractivity (Wildman–Crippen MR) is 103 cm³/mol. The molecule has 0 saturated heterocycles. The number of thioether (sulfide) groups is 2. The average molecular weight is 377 g/mol. The van der Waals surface area contributed by atoms with Crippen molar-refractivity contribution < 1.29 is 13.7 Å². The molecule has 0 atom stereocenters. The van der Waals surface area contributed by atoms with E-state index in [0.29, 0.717) is 6.42 Å². The van der Waals surface area contributed by atoms with Crippen LogP contribution in [0.25, 0.3) is 0 Å². The van der Waals surface area contributed by atoms with Crippen molar-refractivity contribution in [2.45, 2.75) is 46.0 Å². The van der Waals surface area contributed by atoms with Crippen molar-refractivity contribution in [3.8, 4) is 0 Å². The van der Waals surface area contributed by atoms with Crippen LogP contribution in [0.3, 0.4) is 0 Å². The molecule has 0 unspecified atom stereocenters. The molecule has 0 rings (SSSR count). The maximum atomic E-state index is 12.5. The van der Waals surface area contributed by atoms with E-state index in [9.17, 15) is 4.39 Å². The van der Waals surface area contributed by atoms with Crippen molar-refractivity contribution >= 4 is 48.2 Å². The highest BCUT2D eigenvalue weighted by molar-refractivity contribution is 8.23. The molecule has 0 bridgehead atoms. The standard InChI is InChI=1S/C12H23FO2S4.C2H6/c13-12(8-14)6-4-2-1-3-5-7-15-19-11-18-10-17-9-16;1-2/h6,14,16H,1-5,7-11H2;1-2H3/b12-6-;. The van der Waals surface area contributed by atoms with Crippen molar-refractivity contribution in [1.82, 2.24) is 0 Å². The molecule has 0 aromatic rings. The van der Waals surface area contributed by atoms with Gasteiger partial charge < -0.3 is 9.29 Å². The van der Waals surface area contributed by atoms with Crippen LogP contribution in [0.4, 0.5) is 4.39 Å². The normalized spacial score (nSPS) is 11.2. The van der Waals surface area contributed by atoms with E-state index in [1.165, 1.54) is 18.1 Å². The fourth-order valence-corrected chi connectivity index (χ4v) is 4.34. The first-order valence-electron chi connectivity index (χ1n) is 7.27. The minimum absolute atomic E-state index is 0.423. The molecule has 0 aromatic carbocycles. The first-order chi connectivity index (χ1) is 10.3. The van der Waals surface area contributed by atoms with Gasteiger partial charge in [-0.2, -0.15) is 12.6 Å². The van der Waals surface area contributed by atoms with Crippen LogP contribution in [0, 0.1) is 0 Å². The number of thiol groups is 1. The number of aliphatic hydroxyl groups is 1. The largest absolute Gasteiger partial charge is 0.389 e. The Morgan fingerprint density at radius 1 is 1.14 bits per heavy atom. The number of hydrogen-bond acceptors (Lipinski definition) is 6. The highest BCUT2D eigenvalue weighted by atomic mass is 32.2. The van der Waals surface area contributed by atoms with E-state index in [-0.39, 0.29) is 0 Å². The lowest BCUT2D eigenvalue weighted by atomic mass is 10.1. The van der Waals surface area contributed by atoms with Gasteiger partial charge in [0, 0.05) is 22.2 Å². The zero-order valence-electron chi connectivity index (χ0n) is 13.1. The van der Waals surface area contributed by atoms with Gasteiger partial charge >= 0.3 is 0 Å². The van der Waals surface area contributed by atoms with E-state index in [4.69, 9.17) is 9.29 Å². The summed E-state index contributed by atoms with van der Waals surface area (Å²) in [7, 11) is 0. The van der Waals surface area contributed by atoms with Crippen LogP contribution in [0.2, 0.25) is 0 Å². The van der Waals surface area contributed by atoms with Crippen molar-refractivity contribution in [1.29, 1.82) is 0 Å². The van der Waals surface area contributed by atoms with Crippen molar-refractivity contribution in [2.24, 2.45) is 0 Å². The summed E-state index contributed by atoms with van der Waals surface area (Å²) >= 11 is 9.28. The van der Waals surface area contributed by atoms with Crippen LogP contribution in [0.15, 0.2) is 11.9 Å². The fourth-order valence-electron chi connectivity index (χ4n) is 1.24. The summed E-state index contributed by atoms with van der Waals surface area (Å²) in [5, 5.41) is 11.4. The zero-order chi connectivity index (χ0) is 16.2. The SMILES string of the molecule is CC.OC/C(F)=C/CCCCCCOSCSCSCS. The molecule has 2 nitrogen and oxygen atoms in total. The maximum absolute atomic E-state index is 12.5. The minimum Gasteiger partial charge on any atom is -0.389 e. The van der Waals surface area contributed by atoms with Crippen LogP contribution in [0.1, 0.15) is 46.0 Å². The zero-order valence-corrected chi connectivity index (χ0v) is 16.4. The summed E-state index contributed by atoms with van der Waals surface area (Å²) in [6, 6.07) is 0. The van der Waals surface area contributed by atoms with Crippen LogP contribution in [-0.4, -0.2) is 33.6 Å². The topological polar surface area (TPSA) is 29.5 Å². The Hall–Kier alpha value is 0.990. The van der Waals surface area contributed by atoms with Gasteiger partial charge in [-0.1, -0.05) is 32.8 Å². The quantitative estimate of drug-likeness (QED) is 0.175. The monoisotopic (exact) mass is 376 g/mol. The minimum atomic E-state index is -0.477. The van der Waals surface area contributed by atoms with Crippen LogP contribution in [-0.2, 0) is 4.18 Å². The number of unbranched alkanes of at least 4 members (excludes halogenated alkanes) is 4. The van der Waals surface area contributed by atoms with Crippen LogP contribution >= 0.6 is 48.2 Å². The molecule has 0 aromatic heterocycles. The second kappa shape index (κ2) is 23.3. The Morgan fingerprint density at radius 3 is 2.52 bits per heavy atom. The maximum Gasteiger partial charge on any atom is 0.121 e. The van der Waals surface area contributed by atoms with Crippen LogP contribution < -0.4 is 0 Å². The van der Waals surface area contributed by atoms with Gasteiger partial charge in [0.05, 0.1) is 18.3 Å². The highest BCUT2D eigenvalue weighted by Crippen LogP contribution is 2.19. The molecular weight excluding hydrogens is 347 g/mol. The molecule has 0 fully saturated rings. The summed E-state index contributed by atoms with van der Waals surface area (Å²) in [5.74, 6) is -0.423. The molecule has 0 aliphatic heterocycles. The Kier molecular flexibility index (Phi) is 26.9. The molecule has 128 valence electrons. The molecule has 0 amide bonds. The molecular formula is C14H29FO2S4. The Morgan fingerprint density at radius 2 is 1.86 bits per heavy atom. The van der Waals surface area contributed by atoms with E-state index < -0.39 is 12.4 Å². The molecule has 0 saturated carbocycles. The molecule has 0 heterocycles. The fraction of sp³-hybridized carbons (Fsp3) is 0.857. The summed E-state index contributed by atoms with van der Waals surface area (Å²) in [6.45, 7) is 4.31. The lowest BCUT2D eigenvalue weighted by molar-refractivity contribution is 0.297. The molecule has 7 heteroatoms. The third-order valence-corrected chi connectivity index (χ3v) is 5.62. The first-order valence-corrected chi connectivity index (χ1v) is 11.1. The lowest BCUT2D eigenvalue weighted by Gasteiger charge is -2.02. The van der Waals surface area contributed by atoms with Gasteiger partial charge in [-0.3, -0.25) is 0 Å². The van der Waals surface area contributed by atoms with Gasteiger partial charge in [-0.15, -0.1) is 23.5 Å².